The van der Waals surface area contributed by atoms with Crippen molar-refractivity contribution in [2.24, 2.45) is 0 Å². The fraction of sp³-hybridized carbons (Fsp3) is 0.273. The van der Waals surface area contributed by atoms with Crippen LogP contribution in [0.5, 0.6) is 5.75 Å². The molecule has 0 radical (unpaired) electrons. The van der Waals surface area contributed by atoms with Crippen molar-refractivity contribution in [3.8, 4) is 18.1 Å². The Bertz CT molecular complexity index is 382. The highest BCUT2D eigenvalue weighted by atomic mass is 16.5. The van der Waals surface area contributed by atoms with Crippen molar-refractivity contribution in [1.82, 2.24) is 10.3 Å². The largest absolute Gasteiger partial charge is 0.495 e. The molecule has 0 aliphatic rings. The molecule has 1 aromatic rings. The number of pyridine rings is 1. The van der Waals surface area contributed by atoms with Crippen molar-refractivity contribution >= 4 is 5.78 Å². The highest BCUT2D eigenvalue weighted by Gasteiger charge is 2.06. The molecule has 0 atom stereocenters. The normalized spacial score (nSPS) is 9.33. The molecule has 4 heteroatoms. The SMILES string of the molecule is C#CCNCC(=O)c1cncc(OC)c1. The summed E-state index contributed by atoms with van der Waals surface area (Å²) < 4.78 is 4.96. The summed E-state index contributed by atoms with van der Waals surface area (Å²) >= 11 is 0. The predicted octanol–water partition coefficient (Wildman–Crippen LogP) is 0.496. The van der Waals surface area contributed by atoms with Crippen LogP contribution in [0.2, 0.25) is 0 Å². The number of aromatic nitrogens is 1. The van der Waals surface area contributed by atoms with E-state index in [2.05, 4.69) is 16.2 Å². The standard InChI is InChI=1S/C11H12N2O2/c1-3-4-12-8-11(14)9-5-10(15-2)7-13-6-9/h1,5-7,12H,4,8H2,2H3. The van der Waals surface area contributed by atoms with E-state index in [0.717, 1.165) is 0 Å². The Morgan fingerprint density at radius 2 is 2.47 bits per heavy atom. The number of rotatable bonds is 5. The Labute approximate surface area is 88.7 Å². The number of terminal acetylenes is 1. The van der Waals surface area contributed by atoms with E-state index in [9.17, 15) is 4.79 Å². The van der Waals surface area contributed by atoms with Gasteiger partial charge in [-0.25, -0.2) is 0 Å². The summed E-state index contributed by atoms with van der Waals surface area (Å²) in [7, 11) is 1.53. The molecule has 4 nitrogen and oxygen atoms in total. The molecule has 15 heavy (non-hydrogen) atoms. The molecule has 0 spiro atoms. The van der Waals surface area contributed by atoms with E-state index in [0.29, 0.717) is 17.9 Å². The molecule has 0 saturated heterocycles. The average molecular weight is 204 g/mol. The maximum Gasteiger partial charge on any atom is 0.178 e. The molecule has 0 fully saturated rings. The van der Waals surface area contributed by atoms with E-state index in [1.165, 1.54) is 13.3 Å². The fourth-order valence-corrected chi connectivity index (χ4v) is 1.03. The average Bonchev–Trinajstić information content (AvgIpc) is 2.29. The molecule has 0 unspecified atom stereocenters. The van der Waals surface area contributed by atoms with Crippen LogP contribution in [0.1, 0.15) is 10.4 Å². The lowest BCUT2D eigenvalue weighted by Crippen LogP contribution is -2.23. The summed E-state index contributed by atoms with van der Waals surface area (Å²) in [6, 6.07) is 1.65. The minimum atomic E-state index is -0.0587. The predicted molar refractivity (Wildman–Crippen MR) is 56.8 cm³/mol. The molecule has 1 rings (SSSR count). The Balaban J connectivity index is 2.61. The van der Waals surface area contributed by atoms with Gasteiger partial charge in [0, 0.05) is 11.8 Å². The van der Waals surface area contributed by atoms with Gasteiger partial charge in [0.05, 0.1) is 26.4 Å². The van der Waals surface area contributed by atoms with E-state index >= 15 is 0 Å². The van der Waals surface area contributed by atoms with Gasteiger partial charge in [0.2, 0.25) is 0 Å². The second kappa shape index (κ2) is 5.78. The van der Waals surface area contributed by atoms with Gasteiger partial charge in [0.15, 0.2) is 5.78 Å². The number of hydrogen-bond acceptors (Lipinski definition) is 4. The van der Waals surface area contributed by atoms with Gasteiger partial charge in [-0.15, -0.1) is 6.42 Å². The first kappa shape index (κ1) is 11.2. The van der Waals surface area contributed by atoms with Crippen LogP contribution in [0, 0.1) is 12.3 Å². The third-order valence-corrected chi connectivity index (χ3v) is 1.78. The van der Waals surface area contributed by atoms with Crippen LogP contribution < -0.4 is 10.1 Å². The molecular weight excluding hydrogens is 192 g/mol. The van der Waals surface area contributed by atoms with Gasteiger partial charge < -0.3 is 4.74 Å². The summed E-state index contributed by atoms with van der Waals surface area (Å²) in [5.41, 5.74) is 0.513. The Kier molecular flexibility index (Phi) is 4.32. The molecule has 78 valence electrons. The van der Waals surface area contributed by atoms with Crippen LogP contribution in [0.4, 0.5) is 0 Å². The van der Waals surface area contributed by atoms with Gasteiger partial charge in [-0.3, -0.25) is 15.1 Å². The molecule has 0 amide bonds. The number of ether oxygens (including phenoxy) is 1. The van der Waals surface area contributed by atoms with Crippen LogP contribution in [0.15, 0.2) is 18.5 Å². The number of Topliss-reactive ketones (excluding diaryl/α,β-unsaturated/α-hetero) is 1. The van der Waals surface area contributed by atoms with Crippen molar-refractivity contribution in [3.05, 3.63) is 24.0 Å². The van der Waals surface area contributed by atoms with Crippen molar-refractivity contribution in [3.63, 3.8) is 0 Å². The van der Waals surface area contributed by atoms with Crippen molar-refractivity contribution in [2.45, 2.75) is 0 Å². The van der Waals surface area contributed by atoms with Crippen molar-refractivity contribution in [1.29, 1.82) is 0 Å². The third kappa shape index (κ3) is 3.41. The highest BCUT2D eigenvalue weighted by molar-refractivity contribution is 5.97. The first-order valence-corrected chi connectivity index (χ1v) is 4.44. The van der Waals surface area contributed by atoms with E-state index in [4.69, 9.17) is 11.2 Å². The Morgan fingerprint density at radius 3 is 3.13 bits per heavy atom. The summed E-state index contributed by atoms with van der Waals surface area (Å²) in [5, 5.41) is 2.82. The summed E-state index contributed by atoms with van der Waals surface area (Å²) in [4.78, 5) is 15.5. The van der Waals surface area contributed by atoms with Gasteiger partial charge >= 0.3 is 0 Å². The van der Waals surface area contributed by atoms with Crippen LogP contribution in [-0.2, 0) is 0 Å². The number of carbonyl (C=O) groups is 1. The minimum Gasteiger partial charge on any atom is -0.495 e. The molecule has 0 bridgehead atoms. The van der Waals surface area contributed by atoms with Gasteiger partial charge in [-0.1, -0.05) is 5.92 Å². The molecule has 0 saturated carbocycles. The molecule has 0 aromatic carbocycles. The van der Waals surface area contributed by atoms with Gasteiger partial charge in [0.25, 0.3) is 0 Å². The zero-order valence-corrected chi connectivity index (χ0v) is 8.49. The molecule has 1 heterocycles. The summed E-state index contributed by atoms with van der Waals surface area (Å²) in [6.07, 6.45) is 8.09. The number of ketones is 1. The van der Waals surface area contributed by atoms with Crippen molar-refractivity contribution < 1.29 is 9.53 Å². The third-order valence-electron chi connectivity index (χ3n) is 1.78. The molecule has 0 aliphatic carbocycles. The van der Waals surface area contributed by atoms with Crippen LogP contribution in [0.25, 0.3) is 0 Å². The topological polar surface area (TPSA) is 51.2 Å². The quantitative estimate of drug-likeness (QED) is 0.431. The van der Waals surface area contributed by atoms with E-state index < -0.39 is 0 Å². The lowest BCUT2D eigenvalue weighted by molar-refractivity contribution is 0.0992. The minimum absolute atomic E-state index is 0.0587. The number of nitrogens with zero attached hydrogens (tertiary/aromatic N) is 1. The zero-order chi connectivity index (χ0) is 11.1. The van der Waals surface area contributed by atoms with E-state index in [1.54, 1.807) is 12.3 Å². The van der Waals surface area contributed by atoms with E-state index in [-0.39, 0.29) is 12.3 Å². The zero-order valence-electron chi connectivity index (χ0n) is 8.49. The molecule has 0 aliphatic heterocycles. The molecule has 1 N–H and O–H groups in total. The summed E-state index contributed by atoms with van der Waals surface area (Å²) in [6.45, 7) is 0.586. The summed E-state index contributed by atoms with van der Waals surface area (Å²) in [5.74, 6) is 2.90. The first-order chi connectivity index (χ1) is 7.27. The maximum absolute atomic E-state index is 11.6. The van der Waals surface area contributed by atoms with Crippen LogP contribution in [-0.4, -0.2) is 31.0 Å². The van der Waals surface area contributed by atoms with Gasteiger partial charge in [-0.2, -0.15) is 0 Å². The molecular formula is C11H12N2O2. The highest BCUT2D eigenvalue weighted by Crippen LogP contribution is 2.10. The number of methoxy groups -OCH3 is 1. The lowest BCUT2D eigenvalue weighted by atomic mass is 10.2. The second-order valence-electron chi connectivity index (χ2n) is 2.84. The number of nitrogens with one attached hydrogen (secondary N) is 1. The van der Waals surface area contributed by atoms with Gasteiger partial charge in [0.1, 0.15) is 5.75 Å². The monoisotopic (exact) mass is 204 g/mol. The Morgan fingerprint density at radius 1 is 1.67 bits per heavy atom. The number of hydrogen-bond donors (Lipinski definition) is 1. The van der Waals surface area contributed by atoms with Crippen LogP contribution >= 0.6 is 0 Å². The first-order valence-electron chi connectivity index (χ1n) is 4.44. The number of carbonyl (C=O) groups excluding carboxylic acids is 1. The van der Waals surface area contributed by atoms with E-state index in [1.807, 2.05) is 0 Å². The second-order valence-corrected chi connectivity index (χ2v) is 2.84. The van der Waals surface area contributed by atoms with Crippen molar-refractivity contribution in [2.75, 3.05) is 20.2 Å². The van der Waals surface area contributed by atoms with Crippen LogP contribution in [0.3, 0.4) is 0 Å². The maximum atomic E-state index is 11.6. The Hall–Kier alpha value is -1.86. The lowest BCUT2D eigenvalue weighted by Gasteiger charge is -2.03. The van der Waals surface area contributed by atoms with Gasteiger partial charge in [-0.05, 0) is 6.07 Å². The smallest absolute Gasteiger partial charge is 0.178 e. The molecule has 1 aromatic heterocycles. The fourth-order valence-electron chi connectivity index (χ4n) is 1.03.